The highest BCUT2D eigenvalue weighted by Crippen LogP contribution is 2.19. The van der Waals surface area contributed by atoms with Gasteiger partial charge in [-0.1, -0.05) is 13.8 Å². The predicted octanol–water partition coefficient (Wildman–Crippen LogP) is 2.85. The quantitative estimate of drug-likeness (QED) is 0.902. The lowest BCUT2D eigenvalue weighted by atomic mass is 9.97. The highest BCUT2D eigenvalue weighted by atomic mass is 16.5. The fourth-order valence-electron chi connectivity index (χ4n) is 3.08. The molecule has 1 fully saturated rings. The molecule has 2 atom stereocenters. The highest BCUT2D eigenvalue weighted by Gasteiger charge is 2.32. The molecule has 0 spiro atoms. The Labute approximate surface area is 144 Å². The zero-order valence-electron chi connectivity index (χ0n) is 15.0. The van der Waals surface area contributed by atoms with E-state index in [0.29, 0.717) is 11.3 Å². The number of carbonyl (C=O) groups is 2. The Balaban J connectivity index is 2.09. The van der Waals surface area contributed by atoms with Gasteiger partial charge in [0.05, 0.1) is 7.11 Å². The molecule has 0 radical (unpaired) electrons. The molecule has 2 rings (SSSR count). The number of carbonyl (C=O) groups excluding carboxylic acids is 2. The average Bonchev–Trinajstić information content (AvgIpc) is 2.59. The van der Waals surface area contributed by atoms with Crippen molar-refractivity contribution >= 4 is 11.8 Å². The summed E-state index contributed by atoms with van der Waals surface area (Å²) in [5, 5.41) is 2.92. The lowest BCUT2D eigenvalue weighted by Crippen LogP contribution is -2.54. The number of hydrogen-bond donors (Lipinski definition) is 1. The Hall–Kier alpha value is -2.04. The first-order valence-electron chi connectivity index (χ1n) is 8.69. The maximum absolute atomic E-state index is 12.9. The molecule has 132 valence electrons. The summed E-state index contributed by atoms with van der Waals surface area (Å²) in [5.41, 5.74) is 0.529. The summed E-state index contributed by atoms with van der Waals surface area (Å²) in [7, 11) is 1.59. The predicted molar refractivity (Wildman–Crippen MR) is 94.1 cm³/mol. The van der Waals surface area contributed by atoms with E-state index in [-0.39, 0.29) is 23.8 Å². The summed E-state index contributed by atoms with van der Waals surface area (Å²) in [6, 6.07) is 6.64. The molecule has 0 saturated carbocycles. The monoisotopic (exact) mass is 332 g/mol. The van der Waals surface area contributed by atoms with E-state index in [1.807, 2.05) is 18.7 Å². The van der Waals surface area contributed by atoms with Crippen molar-refractivity contribution < 1.29 is 14.3 Å². The molecule has 2 amide bonds. The van der Waals surface area contributed by atoms with Crippen LogP contribution < -0.4 is 10.1 Å². The van der Waals surface area contributed by atoms with E-state index in [9.17, 15) is 9.59 Å². The fraction of sp³-hybridized carbons (Fsp3) is 0.579. The van der Waals surface area contributed by atoms with Gasteiger partial charge in [0.2, 0.25) is 5.91 Å². The zero-order valence-corrected chi connectivity index (χ0v) is 15.0. The number of amides is 2. The lowest BCUT2D eigenvalue weighted by molar-refractivity contribution is -0.137. The topological polar surface area (TPSA) is 58.6 Å². The van der Waals surface area contributed by atoms with Crippen LogP contribution in [0.15, 0.2) is 24.3 Å². The first-order chi connectivity index (χ1) is 11.4. The summed E-state index contributed by atoms with van der Waals surface area (Å²) in [4.78, 5) is 27.3. The Bertz CT molecular complexity index is 568. The molecular weight excluding hydrogens is 304 g/mol. The smallest absolute Gasteiger partial charge is 0.251 e. The standard InChI is InChI=1S/C19H28N2O3/c1-13(2)17(19(23)21-12-6-5-7-14(21)3)20-18(22)15-8-10-16(24-4)11-9-15/h8-11,13-14,17H,5-7,12H2,1-4H3,(H,20,22)/t14-,17-/m0/s1. The SMILES string of the molecule is COc1ccc(C(=O)N[C@H](C(=O)N2CCCC[C@@H]2C)C(C)C)cc1. The molecule has 5 heteroatoms. The second-order valence-electron chi connectivity index (χ2n) is 6.80. The number of methoxy groups -OCH3 is 1. The number of piperidine rings is 1. The molecule has 1 aromatic rings. The zero-order chi connectivity index (χ0) is 17.7. The molecule has 1 aromatic carbocycles. The second kappa shape index (κ2) is 8.18. The summed E-state index contributed by atoms with van der Waals surface area (Å²) < 4.78 is 5.11. The van der Waals surface area contributed by atoms with E-state index in [4.69, 9.17) is 4.74 Å². The molecule has 1 heterocycles. The van der Waals surface area contributed by atoms with Gasteiger partial charge in [0, 0.05) is 18.2 Å². The largest absolute Gasteiger partial charge is 0.497 e. The van der Waals surface area contributed by atoms with E-state index in [1.54, 1.807) is 31.4 Å². The van der Waals surface area contributed by atoms with Crippen molar-refractivity contribution in [2.24, 2.45) is 5.92 Å². The summed E-state index contributed by atoms with van der Waals surface area (Å²) in [6.45, 7) is 6.79. The maximum Gasteiger partial charge on any atom is 0.251 e. The minimum absolute atomic E-state index is 0.0269. The van der Waals surface area contributed by atoms with Gasteiger partial charge in [-0.25, -0.2) is 0 Å². The lowest BCUT2D eigenvalue weighted by Gasteiger charge is -2.37. The third-order valence-corrected chi connectivity index (χ3v) is 4.66. The van der Waals surface area contributed by atoms with Crippen LogP contribution in [0.2, 0.25) is 0 Å². The van der Waals surface area contributed by atoms with Crippen molar-refractivity contribution in [3.63, 3.8) is 0 Å². The summed E-state index contributed by atoms with van der Waals surface area (Å²) >= 11 is 0. The van der Waals surface area contributed by atoms with E-state index < -0.39 is 6.04 Å². The number of rotatable bonds is 5. The number of benzene rings is 1. The molecule has 1 aliphatic rings. The molecule has 0 unspecified atom stereocenters. The normalized spacial score (nSPS) is 19.0. The fourth-order valence-corrected chi connectivity index (χ4v) is 3.08. The molecule has 1 N–H and O–H groups in total. The number of likely N-dealkylation sites (tertiary alicyclic amines) is 1. The van der Waals surface area contributed by atoms with Crippen molar-refractivity contribution in [2.45, 2.75) is 52.1 Å². The van der Waals surface area contributed by atoms with Gasteiger partial charge in [-0.2, -0.15) is 0 Å². The Morgan fingerprint density at radius 2 is 1.88 bits per heavy atom. The van der Waals surface area contributed by atoms with E-state index in [2.05, 4.69) is 12.2 Å². The first-order valence-corrected chi connectivity index (χ1v) is 8.69. The second-order valence-corrected chi connectivity index (χ2v) is 6.80. The van der Waals surface area contributed by atoms with Crippen LogP contribution in [0.5, 0.6) is 5.75 Å². The van der Waals surface area contributed by atoms with Crippen molar-refractivity contribution in [3.05, 3.63) is 29.8 Å². The first kappa shape index (κ1) is 18.3. The van der Waals surface area contributed by atoms with Crippen LogP contribution in [0.3, 0.4) is 0 Å². The molecule has 24 heavy (non-hydrogen) atoms. The van der Waals surface area contributed by atoms with Crippen molar-refractivity contribution in [3.8, 4) is 5.75 Å². The van der Waals surface area contributed by atoms with Crippen LogP contribution in [-0.4, -0.2) is 42.5 Å². The Kier molecular flexibility index (Phi) is 6.23. The van der Waals surface area contributed by atoms with Gasteiger partial charge in [0.15, 0.2) is 0 Å². The maximum atomic E-state index is 12.9. The van der Waals surface area contributed by atoms with Gasteiger partial charge in [-0.05, 0) is 56.4 Å². The Morgan fingerprint density at radius 1 is 1.21 bits per heavy atom. The van der Waals surface area contributed by atoms with Gasteiger partial charge in [0.25, 0.3) is 5.91 Å². The van der Waals surface area contributed by atoms with Crippen LogP contribution in [0.4, 0.5) is 0 Å². The van der Waals surface area contributed by atoms with E-state index >= 15 is 0 Å². The third-order valence-electron chi connectivity index (χ3n) is 4.66. The van der Waals surface area contributed by atoms with Crippen molar-refractivity contribution in [2.75, 3.05) is 13.7 Å². The molecule has 0 aromatic heterocycles. The summed E-state index contributed by atoms with van der Waals surface area (Å²) in [5.74, 6) is 0.535. The Morgan fingerprint density at radius 3 is 2.42 bits per heavy atom. The number of nitrogens with zero attached hydrogens (tertiary/aromatic N) is 1. The molecule has 1 aliphatic heterocycles. The van der Waals surface area contributed by atoms with E-state index in [0.717, 1.165) is 25.8 Å². The highest BCUT2D eigenvalue weighted by molar-refractivity contribution is 5.97. The van der Waals surface area contributed by atoms with Crippen molar-refractivity contribution in [1.29, 1.82) is 0 Å². The third kappa shape index (κ3) is 4.28. The molecule has 0 aliphatic carbocycles. The van der Waals surface area contributed by atoms with Crippen LogP contribution >= 0.6 is 0 Å². The molecule has 5 nitrogen and oxygen atoms in total. The average molecular weight is 332 g/mol. The van der Waals surface area contributed by atoms with Crippen LogP contribution in [0, 0.1) is 5.92 Å². The number of ether oxygens (including phenoxy) is 1. The van der Waals surface area contributed by atoms with Gasteiger partial charge in [0.1, 0.15) is 11.8 Å². The van der Waals surface area contributed by atoms with Crippen LogP contribution in [0.1, 0.15) is 50.4 Å². The summed E-state index contributed by atoms with van der Waals surface area (Å²) in [6.07, 6.45) is 3.23. The van der Waals surface area contributed by atoms with Gasteiger partial charge >= 0.3 is 0 Å². The van der Waals surface area contributed by atoms with Crippen molar-refractivity contribution in [1.82, 2.24) is 10.2 Å². The molecular formula is C19H28N2O3. The minimum atomic E-state index is -0.500. The molecule has 0 bridgehead atoms. The van der Waals surface area contributed by atoms with Gasteiger partial charge in [-0.3, -0.25) is 9.59 Å². The minimum Gasteiger partial charge on any atom is -0.497 e. The van der Waals surface area contributed by atoms with Crippen LogP contribution in [0.25, 0.3) is 0 Å². The van der Waals surface area contributed by atoms with Crippen LogP contribution in [-0.2, 0) is 4.79 Å². The number of nitrogens with one attached hydrogen (secondary N) is 1. The van der Waals surface area contributed by atoms with E-state index in [1.165, 1.54) is 0 Å². The number of hydrogen-bond acceptors (Lipinski definition) is 3. The van der Waals surface area contributed by atoms with Gasteiger partial charge < -0.3 is 15.0 Å². The molecule has 1 saturated heterocycles. The van der Waals surface area contributed by atoms with Gasteiger partial charge in [-0.15, -0.1) is 0 Å².